The van der Waals surface area contributed by atoms with Crippen LogP contribution in [-0.4, -0.2) is 27.9 Å². The van der Waals surface area contributed by atoms with Crippen molar-refractivity contribution in [3.63, 3.8) is 0 Å². The van der Waals surface area contributed by atoms with Crippen LogP contribution in [0.1, 0.15) is 41.2 Å². The van der Waals surface area contributed by atoms with Crippen molar-refractivity contribution in [1.82, 2.24) is 20.6 Å². The Kier molecular flexibility index (Phi) is 6.07. The third kappa shape index (κ3) is 5.28. The first-order chi connectivity index (χ1) is 13.8. The largest absolute Gasteiger partial charge is 0.348 e. The number of carbonyl (C=O) groups is 2. The Labute approximate surface area is 170 Å². The van der Waals surface area contributed by atoms with Gasteiger partial charge in [-0.3, -0.25) is 4.79 Å². The van der Waals surface area contributed by atoms with Crippen molar-refractivity contribution in [3.05, 3.63) is 65.0 Å². The molecule has 0 aliphatic rings. The first-order valence-electron chi connectivity index (χ1n) is 9.51. The standard InChI is InChI=1S/C22H25N5O2/c1-13(2)24-22(29)27-18-8-5-16(6-9-18)12-23-21(28)17-7-10-19-20(11-17)26-15(4)14(3)25-19/h5-11,13H,12H2,1-4H3,(H,23,28)(H2,24,27,29). The van der Waals surface area contributed by atoms with E-state index in [-0.39, 0.29) is 18.0 Å². The summed E-state index contributed by atoms with van der Waals surface area (Å²) in [7, 11) is 0. The number of aromatic nitrogens is 2. The molecule has 0 saturated carbocycles. The van der Waals surface area contributed by atoms with Gasteiger partial charge in [0.1, 0.15) is 0 Å². The van der Waals surface area contributed by atoms with E-state index in [0.29, 0.717) is 23.3 Å². The molecular weight excluding hydrogens is 366 g/mol. The molecule has 3 N–H and O–H groups in total. The van der Waals surface area contributed by atoms with Crippen LogP contribution >= 0.6 is 0 Å². The van der Waals surface area contributed by atoms with Crippen molar-refractivity contribution >= 4 is 28.7 Å². The lowest BCUT2D eigenvalue weighted by molar-refractivity contribution is 0.0951. The van der Waals surface area contributed by atoms with E-state index in [1.54, 1.807) is 24.3 Å². The summed E-state index contributed by atoms with van der Waals surface area (Å²) >= 11 is 0. The molecular formula is C22H25N5O2. The van der Waals surface area contributed by atoms with Gasteiger partial charge in [0.05, 0.1) is 22.4 Å². The molecule has 0 unspecified atom stereocenters. The Balaban J connectivity index is 1.61. The summed E-state index contributed by atoms with van der Waals surface area (Å²) in [6.07, 6.45) is 0. The van der Waals surface area contributed by atoms with Crippen LogP contribution in [0.2, 0.25) is 0 Å². The second-order valence-electron chi connectivity index (χ2n) is 7.23. The number of benzene rings is 2. The average Bonchev–Trinajstić information content (AvgIpc) is 2.67. The number of rotatable bonds is 5. The molecule has 0 aliphatic heterocycles. The van der Waals surface area contributed by atoms with Crippen LogP contribution in [0.4, 0.5) is 10.5 Å². The highest BCUT2D eigenvalue weighted by Crippen LogP contribution is 2.15. The predicted molar refractivity (Wildman–Crippen MR) is 114 cm³/mol. The van der Waals surface area contributed by atoms with Gasteiger partial charge < -0.3 is 16.0 Å². The van der Waals surface area contributed by atoms with Crippen molar-refractivity contribution < 1.29 is 9.59 Å². The SMILES string of the molecule is Cc1nc2ccc(C(=O)NCc3ccc(NC(=O)NC(C)C)cc3)cc2nc1C. The molecule has 7 heteroatoms. The predicted octanol–water partition coefficient (Wildman–Crippen LogP) is 3.71. The number of nitrogens with zero attached hydrogens (tertiary/aromatic N) is 2. The van der Waals surface area contributed by atoms with Gasteiger partial charge in [-0.25, -0.2) is 14.8 Å². The number of anilines is 1. The lowest BCUT2D eigenvalue weighted by atomic mass is 10.1. The number of carbonyl (C=O) groups excluding carboxylic acids is 2. The van der Waals surface area contributed by atoms with Crippen molar-refractivity contribution in [1.29, 1.82) is 0 Å². The number of fused-ring (bicyclic) bond motifs is 1. The minimum Gasteiger partial charge on any atom is -0.348 e. The molecule has 150 valence electrons. The number of hydrogen-bond donors (Lipinski definition) is 3. The summed E-state index contributed by atoms with van der Waals surface area (Å²) < 4.78 is 0. The van der Waals surface area contributed by atoms with E-state index in [1.807, 2.05) is 45.9 Å². The molecule has 0 bridgehead atoms. The van der Waals surface area contributed by atoms with Crippen molar-refractivity contribution in [2.24, 2.45) is 0 Å². The van der Waals surface area contributed by atoms with Crippen LogP contribution in [0.25, 0.3) is 11.0 Å². The zero-order valence-corrected chi connectivity index (χ0v) is 17.0. The number of aryl methyl sites for hydroxylation is 2. The molecule has 29 heavy (non-hydrogen) atoms. The maximum Gasteiger partial charge on any atom is 0.319 e. The second-order valence-corrected chi connectivity index (χ2v) is 7.23. The van der Waals surface area contributed by atoms with Gasteiger partial charge in [-0.15, -0.1) is 0 Å². The summed E-state index contributed by atoms with van der Waals surface area (Å²) in [6.45, 7) is 8.00. The molecule has 0 radical (unpaired) electrons. The molecule has 0 spiro atoms. The normalized spacial score (nSPS) is 10.8. The smallest absolute Gasteiger partial charge is 0.319 e. The van der Waals surface area contributed by atoms with E-state index < -0.39 is 0 Å². The van der Waals surface area contributed by atoms with Gasteiger partial charge in [-0.1, -0.05) is 12.1 Å². The first kappa shape index (κ1) is 20.3. The molecule has 0 aliphatic carbocycles. The third-order valence-electron chi connectivity index (χ3n) is 4.42. The summed E-state index contributed by atoms with van der Waals surface area (Å²) in [5, 5.41) is 8.44. The maximum absolute atomic E-state index is 12.5. The van der Waals surface area contributed by atoms with Crippen LogP contribution in [0, 0.1) is 13.8 Å². The highest BCUT2D eigenvalue weighted by atomic mass is 16.2. The summed E-state index contributed by atoms with van der Waals surface area (Å²) in [5.41, 5.74) is 5.38. The van der Waals surface area contributed by atoms with Crippen LogP contribution < -0.4 is 16.0 Å². The van der Waals surface area contributed by atoms with Crippen molar-refractivity contribution in [3.8, 4) is 0 Å². The molecule has 7 nitrogen and oxygen atoms in total. The zero-order chi connectivity index (χ0) is 21.0. The second kappa shape index (κ2) is 8.68. The van der Waals surface area contributed by atoms with Crippen LogP contribution in [0.5, 0.6) is 0 Å². The minimum absolute atomic E-state index is 0.0681. The number of amides is 3. The number of nitrogens with one attached hydrogen (secondary N) is 3. The molecule has 0 saturated heterocycles. The Morgan fingerprint density at radius 2 is 1.59 bits per heavy atom. The highest BCUT2D eigenvalue weighted by Gasteiger charge is 2.09. The fourth-order valence-electron chi connectivity index (χ4n) is 2.79. The molecule has 0 fully saturated rings. The van der Waals surface area contributed by atoms with E-state index in [0.717, 1.165) is 22.5 Å². The summed E-state index contributed by atoms with van der Waals surface area (Å²) in [4.78, 5) is 33.2. The molecule has 3 amide bonds. The van der Waals surface area contributed by atoms with Crippen LogP contribution in [-0.2, 0) is 6.54 Å². The topological polar surface area (TPSA) is 96.0 Å². The Morgan fingerprint density at radius 3 is 2.24 bits per heavy atom. The molecule has 2 aromatic carbocycles. The molecule has 3 aromatic rings. The fourth-order valence-corrected chi connectivity index (χ4v) is 2.79. The average molecular weight is 391 g/mol. The van der Waals surface area contributed by atoms with Gasteiger partial charge in [-0.05, 0) is 63.6 Å². The number of hydrogen-bond acceptors (Lipinski definition) is 4. The van der Waals surface area contributed by atoms with E-state index >= 15 is 0 Å². The van der Waals surface area contributed by atoms with E-state index in [4.69, 9.17) is 0 Å². The monoisotopic (exact) mass is 391 g/mol. The third-order valence-corrected chi connectivity index (χ3v) is 4.42. The number of urea groups is 1. The lowest BCUT2D eigenvalue weighted by Gasteiger charge is -2.11. The molecule has 1 heterocycles. The van der Waals surface area contributed by atoms with Gasteiger partial charge in [0.2, 0.25) is 0 Å². The quantitative estimate of drug-likeness (QED) is 0.618. The maximum atomic E-state index is 12.5. The highest BCUT2D eigenvalue weighted by molar-refractivity contribution is 5.97. The Morgan fingerprint density at radius 1 is 0.931 bits per heavy atom. The van der Waals surface area contributed by atoms with Gasteiger partial charge >= 0.3 is 6.03 Å². The lowest BCUT2D eigenvalue weighted by Crippen LogP contribution is -2.34. The first-order valence-corrected chi connectivity index (χ1v) is 9.51. The minimum atomic E-state index is -0.245. The Bertz CT molecular complexity index is 1050. The summed E-state index contributed by atoms with van der Waals surface area (Å²) in [6, 6.07) is 12.5. The van der Waals surface area contributed by atoms with Crippen molar-refractivity contribution in [2.45, 2.75) is 40.3 Å². The van der Waals surface area contributed by atoms with Gasteiger partial charge in [0.25, 0.3) is 5.91 Å². The van der Waals surface area contributed by atoms with E-state index in [9.17, 15) is 9.59 Å². The Hall–Kier alpha value is -3.48. The van der Waals surface area contributed by atoms with Gasteiger partial charge in [-0.2, -0.15) is 0 Å². The molecule has 1 aromatic heterocycles. The van der Waals surface area contributed by atoms with E-state index in [2.05, 4.69) is 25.9 Å². The summed E-state index contributed by atoms with van der Waals surface area (Å²) in [5.74, 6) is -0.176. The van der Waals surface area contributed by atoms with E-state index in [1.165, 1.54) is 0 Å². The fraction of sp³-hybridized carbons (Fsp3) is 0.273. The van der Waals surface area contributed by atoms with Gasteiger partial charge in [0, 0.05) is 23.8 Å². The molecule has 0 atom stereocenters. The zero-order valence-electron chi connectivity index (χ0n) is 17.0. The van der Waals surface area contributed by atoms with Crippen LogP contribution in [0.15, 0.2) is 42.5 Å². The van der Waals surface area contributed by atoms with Crippen molar-refractivity contribution in [2.75, 3.05) is 5.32 Å². The van der Waals surface area contributed by atoms with Crippen LogP contribution in [0.3, 0.4) is 0 Å². The van der Waals surface area contributed by atoms with Gasteiger partial charge in [0.15, 0.2) is 0 Å². The molecule has 3 rings (SSSR count).